The van der Waals surface area contributed by atoms with Gasteiger partial charge in [0.25, 0.3) is 0 Å². The molecule has 0 heterocycles. The van der Waals surface area contributed by atoms with Crippen molar-refractivity contribution in [2.45, 2.75) is 46.5 Å². The van der Waals surface area contributed by atoms with Gasteiger partial charge in [-0.2, -0.15) is 0 Å². The smallest absolute Gasteiger partial charge is 0.337 e. The summed E-state index contributed by atoms with van der Waals surface area (Å²) in [6, 6.07) is 5.20. The van der Waals surface area contributed by atoms with Gasteiger partial charge in [0, 0.05) is 16.7 Å². The summed E-state index contributed by atoms with van der Waals surface area (Å²) in [6.07, 6.45) is 4.83. The average Bonchev–Trinajstić information content (AvgIpc) is 2.36. The molecule has 112 valence electrons. The molecule has 2 N–H and O–H groups in total. The molecule has 1 aromatic carbocycles. The lowest BCUT2D eigenvalue weighted by molar-refractivity contribution is 0.0698. The van der Waals surface area contributed by atoms with Crippen LogP contribution >= 0.6 is 15.9 Å². The van der Waals surface area contributed by atoms with Crippen LogP contribution in [0.1, 0.15) is 56.8 Å². The summed E-state index contributed by atoms with van der Waals surface area (Å²) < 4.78 is 0.883. The molecule has 0 bridgehead atoms. The van der Waals surface area contributed by atoms with Gasteiger partial charge >= 0.3 is 5.97 Å². The molecular formula is C16H24BrNO2. The number of hydrogen-bond donors (Lipinski definition) is 2. The SMILES string of the molecule is CCCCCC(C)(C)CNc1cc(Br)ccc1C(=O)O. The standard InChI is InChI=1S/C16H24BrNO2/c1-4-5-6-9-16(2,3)11-18-14-10-12(17)7-8-13(14)15(19)20/h7-8,10,18H,4-6,9,11H2,1-3H3,(H,19,20). The van der Waals surface area contributed by atoms with Gasteiger partial charge in [-0.15, -0.1) is 0 Å². The van der Waals surface area contributed by atoms with Crippen molar-refractivity contribution < 1.29 is 9.90 Å². The molecule has 0 aliphatic heterocycles. The zero-order chi connectivity index (χ0) is 15.2. The number of anilines is 1. The van der Waals surface area contributed by atoms with Crippen molar-refractivity contribution in [3.8, 4) is 0 Å². The first-order valence-corrected chi connectivity index (χ1v) is 7.92. The number of rotatable bonds is 8. The molecule has 1 aromatic rings. The Labute approximate surface area is 129 Å². The second-order valence-electron chi connectivity index (χ2n) is 5.97. The highest BCUT2D eigenvalue weighted by Gasteiger charge is 2.18. The molecule has 0 radical (unpaired) electrons. The highest BCUT2D eigenvalue weighted by molar-refractivity contribution is 9.10. The summed E-state index contributed by atoms with van der Waals surface area (Å²) in [5.74, 6) is -0.899. The fraction of sp³-hybridized carbons (Fsp3) is 0.562. The van der Waals surface area contributed by atoms with E-state index in [4.69, 9.17) is 0 Å². The third-order valence-corrected chi connectivity index (χ3v) is 3.92. The fourth-order valence-corrected chi connectivity index (χ4v) is 2.49. The number of unbranched alkanes of at least 4 members (excludes halogenated alkanes) is 2. The van der Waals surface area contributed by atoms with E-state index in [1.165, 1.54) is 19.3 Å². The minimum atomic E-state index is -0.899. The molecule has 0 aromatic heterocycles. The zero-order valence-electron chi connectivity index (χ0n) is 12.5. The number of carbonyl (C=O) groups is 1. The van der Waals surface area contributed by atoms with Gasteiger partial charge in [-0.3, -0.25) is 0 Å². The zero-order valence-corrected chi connectivity index (χ0v) is 14.1. The molecule has 4 heteroatoms. The number of benzene rings is 1. The molecule has 0 fully saturated rings. The molecule has 0 aliphatic carbocycles. The Hall–Kier alpha value is -1.03. The summed E-state index contributed by atoms with van der Waals surface area (Å²) in [5.41, 5.74) is 1.15. The van der Waals surface area contributed by atoms with E-state index in [1.54, 1.807) is 12.1 Å². The molecule has 0 saturated carbocycles. The van der Waals surface area contributed by atoms with Gasteiger partial charge in [-0.1, -0.05) is 56.0 Å². The highest BCUT2D eigenvalue weighted by Crippen LogP contribution is 2.27. The Kier molecular flexibility index (Phi) is 6.53. The summed E-state index contributed by atoms with van der Waals surface area (Å²) >= 11 is 3.38. The summed E-state index contributed by atoms with van der Waals surface area (Å²) in [6.45, 7) is 7.40. The van der Waals surface area contributed by atoms with Gasteiger partial charge in [-0.05, 0) is 30.0 Å². The maximum Gasteiger partial charge on any atom is 0.337 e. The van der Waals surface area contributed by atoms with E-state index < -0.39 is 5.97 Å². The molecular weight excluding hydrogens is 318 g/mol. The van der Waals surface area contributed by atoms with Gasteiger partial charge in [-0.25, -0.2) is 4.79 Å². The number of nitrogens with one attached hydrogen (secondary N) is 1. The van der Waals surface area contributed by atoms with Crippen LogP contribution in [-0.4, -0.2) is 17.6 Å². The van der Waals surface area contributed by atoms with Gasteiger partial charge < -0.3 is 10.4 Å². The Balaban J connectivity index is 2.68. The lowest BCUT2D eigenvalue weighted by Crippen LogP contribution is -2.24. The van der Waals surface area contributed by atoms with E-state index in [9.17, 15) is 9.90 Å². The van der Waals surface area contributed by atoms with Crippen LogP contribution in [-0.2, 0) is 0 Å². The van der Waals surface area contributed by atoms with Crippen LogP contribution in [0.4, 0.5) is 5.69 Å². The first kappa shape index (κ1) is 17.0. The predicted molar refractivity (Wildman–Crippen MR) is 87.5 cm³/mol. The summed E-state index contributed by atoms with van der Waals surface area (Å²) in [7, 11) is 0. The van der Waals surface area contributed by atoms with E-state index in [0.29, 0.717) is 11.3 Å². The second kappa shape index (κ2) is 7.67. The van der Waals surface area contributed by atoms with Crippen LogP contribution in [0.5, 0.6) is 0 Å². The van der Waals surface area contributed by atoms with Crippen molar-refractivity contribution in [2.75, 3.05) is 11.9 Å². The molecule has 0 atom stereocenters. The largest absolute Gasteiger partial charge is 0.478 e. The molecule has 0 amide bonds. The molecule has 0 spiro atoms. The molecule has 0 unspecified atom stereocenters. The maximum atomic E-state index is 11.2. The minimum Gasteiger partial charge on any atom is -0.478 e. The van der Waals surface area contributed by atoms with Crippen LogP contribution < -0.4 is 5.32 Å². The van der Waals surface area contributed by atoms with Crippen LogP contribution in [0.15, 0.2) is 22.7 Å². The Morgan fingerprint density at radius 3 is 2.65 bits per heavy atom. The minimum absolute atomic E-state index is 0.160. The topological polar surface area (TPSA) is 49.3 Å². The second-order valence-corrected chi connectivity index (χ2v) is 6.89. The predicted octanol–water partition coefficient (Wildman–Crippen LogP) is 5.17. The third kappa shape index (κ3) is 5.53. The Morgan fingerprint density at radius 1 is 1.35 bits per heavy atom. The molecule has 0 aliphatic rings. The monoisotopic (exact) mass is 341 g/mol. The number of aromatic carboxylic acids is 1. The average molecular weight is 342 g/mol. The van der Waals surface area contributed by atoms with Crippen molar-refractivity contribution in [3.63, 3.8) is 0 Å². The molecule has 0 saturated heterocycles. The number of carboxylic acid groups (broad SMARTS) is 1. The number of carboxylic acids is 1. The molecule has 1 rings (SSSR count). The third-order valence-electron chi connectivity index (χ3n) is 3.43. The van der Waals surface area contributed by atoms with E-state index in [1.807, 2.05) is 6.07 Å². The molecule has 3 nitrogen and oxygen atoms in total. The van der Waals surface area contributed by atoms with Gasteiger partial charge in [0.2, 0.25) is 0 Å². The van der Waals surface area contributed by atoms with Crippen molar-refractivity contribution in [1.29, 1.82) is 0 Å². The van der Waals surface area contributed by atoms with Crippen LogP contribution in [0.3, 0.4) is 0 Å². The van der Waals surface area contributed by atoms with Gasteiger partial charge in [0.15, 0.2) is 0 Å². The summed E-state index contributed by atoms with van der Waals surface area (Å²) in [4.78, 5) is 11.2. The lowest BCUT2D eigenvalue weighted by atomic mass is 9.86. The van der Waals surface area contributed by atoms with E-state index in [-0.39, 0.29) is 5.41 Å². The quantitative estimate of drug-likeness (QED) is 0.641. The van der Waals surface area contributed by atoms with Crippen molar-refractivity contribution >= 4 is 27.6 Å². The maximum absolute atomic E-state index is 11.2. The van der Waals surface area contributed by atoms with Crippen LogP contribution in [0, 0.1) is 5.41 Å². The van der Waals surface area contributed by atoms with E-state index in [2.05, 4.69) is 42.0 Å². The van der Waals surface area contributed by atoms with Crippen molar-refractivity contribution in [3.05, 3.63) is 28.2 Å². The Morgan fingerprint density at radius 2 is 2.05 bits per heavy atom. The van der Waals surface area contributed by atoms with Gasteiger partial charge in [0.05, 0.1) is 5.56 Å². The summed E-state index contributed by atoms with van der Waals surface area (Å²) in [5, 5.41) is 12.5. The molecule has 20 heavy (non-hydrogen) atoms. The lowest BCUT2D eigenvalue weighted by Gasteiger charge is -2.26. The van der Waals surface area contributed by atoms with Crippen molar-refractivity contribution in [1.82, 2.24) is 0 Å². The van der Waals surface area contributed by atoms with Crippen LogP contribution in [0.25, 0.3) is 0 Å². The van der Waals surface area contributed by atoms with Crippen molar-refractivity contribution in [2.24, 2.45) is 5.41 Å². The Bertz CT molecular complexity index is 458. The normalized spacial score (nSPS) is 11.4. The number of hydrogen-bond acceptors (Lipinski definition) is 2. The fourth-order valence-electron chi connectivity index (χ4n) is 2.13. The van der Waals surface area contributed by atoms with Crippen LogP contribution in [0.2, 0.25) is 0 Å². The van der Waals surface area contributed by atoms with E-state index in [0.717, 1.165) is 17.4 Å². The first-order valence-electron chi connectivity index (χ1n) is 7.12. The van der Waals surface area contributed by atoms with E-state index >= 15 is 0 Å². The first-order chi connectivity index (χ1) is 9.35. The highest BCUT2D eigenvalue weighted by atomic mass is 79.9. The van der Waals surface area contributed by atoms with Gasteiger partial charge in [0.1, 0.15) is 0 Å². The number of halogens is 1.